The second kappa shape index (κ2) is 5.81. The summed E-state index contributed by atoms with van der Waals surface area (Å²) in [4.78, 5) is 22.8. The standard InChI is InChI=1S/C14H19NO5/c1-8-9(7-16)12(17)11(19-5)6-10(8)15-13(18)20-14(2,3)4/h6-7,17H,1-5H3,(H,15,18). The summed E-state index contributed by atoms with van der Waals surface area (Å²) in [6, 6.07) is 1.43. The third kappa shape index (κ3) is 3.63. The first kappa shape index (κ1) is 15.8. The Morgan fingerprint density at radius 3 is 2.45 bits per heavy atom. The average molecular weight is 281 g/mol. The molecule has 1 aromatic rings. The van der Waals surface area contributed by atoms with Crippen LogP contribution in [0.15, 0.2) is 6.07 Å². The van der Waals surface area contributed by atoms with Crippen molar-refractivity contribution in [2.75, 3.05) is 12.4 Å². The van der Waals surface area contributed by atoms with Crippen molar-refractivity contribution in [3.63, 3.8) is 0 Å². The molecule has 0 aliphatic carbocycles. The van der Waals surface area contributed by atoms with Crippen LogP contribution >= 0.6 is 0 Å². The van der Waals surface area contributed by atoms with Crippen molar-refractivity contribution in [2.24, 2.45) is 0 Å². The number of hydrogen-bond acceptors (Lipinski definition) is 5. The van der Waals surface area contributed by atoms with Gasteiger partial charge in [-0.1, -0.05) is 0 Å². The number of carbonyl (C=O) groups is 2. The summed E-state index contributed by atoms with van der Waals surface area (Å²) in [6.45, 7) is 6.84. The molecule has 6 heteroatoms. The number of rotatable bonds is 3. The summed E-state index contributed by atoms with van der Waals surface area (Å²) >= 11 is 0. The van der Waals surface area contributed by atoms with Gasteiger partial charge in [0.15, 0.2) is 17.8 Å². The first-order valence-corrected chi connectivity index (χ1v) is 6.05. The van der Waals surface area contributed by atoms with Gasteiger partial charge in [-0.2, -0.15) is 0 Å². The Balaban J connectivity index is 3.13. The minimum absolute atomic E-state index is 0.0652. The predicted molar refractivity (Wildman–Crippen MR) is 74.6 cm³/mol. The highest BCUT2D eigenvalue weighted by Crippen LogP contribution is 2.36. The Kier molecular flexibility index (Phi) is 4.60. The average Bonchev–Trinajstić information content (AvgIpc) is 2.31. The summed E-state index contributed by atoms with van der Waals surface area (Å²) in [5, 5.41) is 12.3. The van der Waals surface area contributed by atoms with Gasteiger partial charge >= 0.3 is 6.09 Å². The molecule has 6 nitrogen and oxygen atoms in total. The molecule has 0 aliphatic rings. The minimum Gasteiger partial charge on any atom is -0.504 e. The molecule has 0 fully saturated rings. The van der Waals surface area contributed by atoms with Gasteiger partial charge < -0.3 is 14.6 Å². The van der Waals surface area contributed by atoms with Gasteiger partial charge in [0.1, 0.15) is 5.60 Å². The van der Waals surface area contributed by atoms with Gasteiger partial charge in [0.25, 0.3) is 0 Å². The lowest BCUT2D eigenvalue weighted by atomic mass is 10.1. The molecule has 0 saturated heterocycles. The van der Waals surface area contributed by atoms with Crippen molar-refractivity contribution in [3.05, 3.63) is 17.2 Å². The van der Waals surface area contributed by atoms with Gasteiger partial charge in [0, 0.05) is 6.07 Å². The van der Waals surface area contributed by atoms with Gasteiger partial charge in [0.2, 0.25) is 0 Å². The largest absolute Gasteiger partial charge is 0.504 e. The highest BCUT2D eigenvalue weighted by Gasteiger charge is 2.20. The fourth-order valence-corrected chi connectivity index (χ4v) is 1.61. The number of carbonyl (C=O) groups excluding carboxylic acids is 2. The highest BCUT2D eigenvalue weighted by molar-refractivity contribution is 5.92. The quantitative estimate of drug-likeness (QED) is 0.657. The molecule has 2 N–H and O–H groups in total. The Morgan fingerprint density at radius 1 is 1.40 bits per heavy atom. The van der Waals surface area contributed by atoms with E-state index in [1.807, 2.05) is 0 Å². The zero-order valence-corrected chi connectivity index (χ0v) is 12.2. The Bertz CT molecular complexity index is 531. The van der Waals surface area contributed by atoms with Crippen LogP contribution in [-0.4, -0.2) is 30.2 Å². The number of anilines is 1. The molecule has 0 saturated carbocycles. The van der Waals surface area contributed by atoms with Crippen LogP contribution < -0.4 is 10.1 Å². The van der Waals surface area contributed by atoms with Crippen LogP contribution in [0.25, 0.3) is 0 Å². The topological polar surface area (TPSA) is 84.9 Å². The Morgan fingerprint density at radius 2 is 2.00 bits per heavy atom. The lowest BCUT2D eigenvalue weighted by Crippen LogP contribution is -2.27. The van der Waals surface area contributed by atoms with Crippen molar-refractivity contribution in [3.8, 4) is 11.5 Å². The van der Waals surface area contributed by atoms with Crippen LogP contribution in [0.1, 0.15) is 36.7 Å². The minimum atomic E-state index is -0.648. The van der Waals surface area contributed by atoms with Crippen molar-refractivity contribution in [1.29, 1.82) is 0 Å². The highest BCUT2D eigenvalue weighted by atomic mass is 16.6. The van der Waals surface area contributed by atoms with E-state index in [2.05, 4.69) is 5.32 Å². The van der Waals surface area contributed by atoms with E-state index < -0.39 is 11.7 Å². The third-order valence-electron chi connectivity index (χ3n) is 2.55. The van der Waals surface area contributed by atoms with Gasteiger partial charge in [-0.15, -0.1) is 0 Å². The number of phenols is 1. The van der Waals surface area contributed by atoms with Crippen LogP contribution in [0.5, 0.6) is 11.5 Å². The lowest BCUT2D eigenvalue weighted by molar-refractivity contribution is 0.0635. The maximum atomic E-state index is 11.7. The smallest absolute Gasteiger partial charge is 0.412 e. The zero-order chi connectivity index (χ0) is 15.5. The molecule has 0 unspecified atom stereocenters. The maximum Gasteiger partial charge on any atom is 0.412 e. The fourth-order valence-electron chi connectivity index (χ4n) is 1.61. The molecule has 110 valence electrons. The first-order valence-electron chi connectivity index (χ1n) is 6.05. The number of ether oxygens (including phenoxy) is 2. The molecule has 0 spiro atoms. The van der Waals surface area contributed by atoms with Gasteiger partial charge in [-0.05, 0) is 33.3 Å². The number of aromatic hydroxyl groups is 1. The molecule has 0 bridgehead atoms. The van der Waals surface area contributed by atoms with E-state index in [0.29, 0.717) is 17.5 Å². The Hall–Kier alpha value is -2.24. The van der Waals surface area contributed by atoms with Crippen molar-refractivity contribution in [1.82, 2.24) is 0 Å². The van der Waals surface area contributed by atoms with Crippen LogP contribution in [-0.2, 0) is 4.74 Å². The zero-order valence-electron chi connectivity index (χ0n) is 12.2. The predicted octanol–water partition coefficient (Wildman–Crippen LogP) is 2.87. The number of hydrogen-bond donors (Lipinski definition) is 2. The summed E-state index contributed by atoms with van der Waals surface area (Å²) in [5.41, 5.74) is 0.211. The van der Waals surface area contributed by atoms with E-state index >= 15 is 0 Å². The summed E-state index contributed by atoms with van der Waals surface area (Å²) in [5.74, 6) is -0.154. The first-order chi connectivity index (χ1) is 9.19. The molecule has 0 heterocycles. The molecule has 0 aliphatic heterocycles. The lowest BCUT2D eigenvalue weighted by Gasteiger charge is -2.21. The molecule has 1 aromatic carbocycles. The van der Waals surface area contributed by atoms with Crippen LogP contribution in [0, 0.1) is 6.92 Å². The normalized spacial score (nSPS) is 10.8. The van der Waals surface area contributed by atoms with E-state index in [1.165, 1.54) is 13.2 Å². The molecule has 0 atom stereocenters. The summed E-state index contributed by atoms with van der Waals surface area (Å²) in [7, 11) is 1.36. The van der Waals surface area contributed by atoms with Crippen molar-refractivity contribution >= 4 is 18.1 Å². The van der Waals surface area contributed by atoms with E-state index in [4.69, 9.17) is 9.47 Å². The summed E-state index contributed by atoms with van der Waals surface area (Å²) < 4.78 is 10.1. The van der Waals surface area contributed by atoms with E-state index in [0.717, 1.165) is 0 Å². The van der Waals surface area contributed by atoms with E-state index in [9.17, 15) is 14.7 Å². The molecular weight excluding hydrogens is 262 g/mol. The number of aldehydes is 1. The monoisotopic (exact) mass is 281 g/mol. The van der Waals surface area contributed by atoms with E-state index in [-0.39, 0.29) is 17.1 Å². The fraction of sp³-hybridized carbons (Fsp3) is 0.429. The third-order valence-corrected chi connectivity index (χ3v) is 2.55. The number of benzene rings is 1. The van der Waals surface area contributed by atoms with Crippen molar-refractivity contribution < 1.29 is 24.2 Å². The van der Waals surface area contributed by atoms with Crippen LogP contribution in [0.3, 0.4) is 0 Å². The Labute approximate surface area is 117 Å². The van der Waals surface area contributed by atoms with Crippen LogP contribution in [0.4, 0.5) is 10.5 Å². The molecule has 0 radical (unpaired) electrons. The molecule has 1 amide bonds. The molecule has 0 aromatic heterocycles. The summed E-state index contributed by atoms with van der Waals surface area (Å²) in [6.07, 6.45) is -0.141. The van der Waals surface area contributed by atoms with Gasteiger partial charge in [0.05, 0.1) is 18.4 Å². The number of phenolic OH excluding ortho intramolecular Hbond substituents is 1. The van der Waals surface area contributed by atoms with E-state index in [1.54, 1.807) is 27.7 Å². The van der Waals surface area contributed by atoms with Crippen molar-refractivity contribution in [2.45, 2.75) is 33.3 Å². The second-order valence-electron chi connectivity index (χ2n) is 5.26. The number of nitrogens with one attached hydrogen (secondary N) is 1. The molecule has 20 heavy (non-hydrogen) atoms. The SMILES string of the molecule is COc1cc(NC(=O)OC(C)(C)C)c(C)c(C=O)c1O. The van der Waals surface area contributed by atoms with Gasteiger partial charge in [-0.25, -0.2) is 4.79 Å². The number of methoxy groups -OCH3 is 1. The molecular formula is C14H19NO5. The second-order valence-corrected chi connectivity index (χ2v) is 5.26. The molecule has 1 rings (SSSR count). The number of amides is 1. The van der Waals surface area contributed by atoms with Gasteiger partial charge in [-0.3, -0.25) is 10.1 Å². The maximum absolute atomic E-state index is 11.7. The van der Waals surface area contributed by atoms with Crippen LogP contribution in [0.2, 0.25) is 0 Å².